The van der Waals surface area contributed by atoms with Crippen LogP contribution in [-0.4, -0.2) is 45.1 Å². The average molecular weight is 442 g/mol. The van der Waals surface area contributed by atoms with Crippen LogP contribution in [-0.2, 0) is 4.79 Å². The van der Waals surface area contributed by atoms with E-state index in [1.807, 2.05) is 12.2 Å². The maximum absolute atomic E-state index is 13.2. The van der Waals surface area contributed by atoms with Gasteiger partial charge in [0.05, 0.1) is 0 Å². The summed E-state index contributed by atoms with van der Waals surface area (Å²) in [6.07, 6.45) is 11.9. The zero-order chi connectivity index (χ0) is 22.5. The molecule has 0 atom stereocenters. The molecular formula is C29H35N3O. The first-order valence-corrected chi connectivity index (χ1v) is 12.6. The van der Waals surface area contributed by atoms with Gasteiger partial charge in [0.15, 0.2) is 5.78 Å². The van der Waals surface area contributed by atoms with E-state index in [2.05, 4.69) is 63.6 Å². The molecule has 0 unspecified atom stereocenters. The summed E-state index contributed by atoms with van der Waals surface area (Å²) in [5.41, 5.74) is 6.43. The summed E-state index contributed by atoms with van der Waals surface area (Å²) in [6, 6.07) is 17.3. The van der Waals surface area contributed by atoms with Gasteiger partial charge in [-0.15, -0.1) is 0 Å². The van der Waals surface area contributed by atoms with Gasteiger partial charge in [0, 0.05) is 61.8 Å². The zero-order valence-corrected chi connectivity index (χ0v) is 19.6. The van der Waals surface area contributed by atoms with E-state index in [1.54, 1.807) is 0 Å². The van der Waals surface area contributed by atoms with Gasteiger partial charge in [-0.25, -0.2) is 0 Å². The Bertz CT molecular complexity index is 926. The monoisotopic (exact) mass is 441 g/mol. The highest BCUT2D eigenvalue weighted by molar-refractivity contribution is 6.14. The molecule has 4 nitrogen and oxygen atoms in total. The van der Waals surface area contributed by atoms with Crippen LogP contribution in [0.15, 0.2) is 59.7 Å². The molecule has 3 fully saturated rings. The van der Waals surface area contributed by atoms with Gasteiger partial charge in [-0.2, -0.15) is 0 Å². The minimum Gasteiger partial charge on any atom is -0.372 e. The van der Waals surface area contributed by atoms with Crippen LogP contribution in [0.5, 0.6) is 0 Å². The summed E-state index contributed by atoms with van der Waals surface area (Å²) in [5, 5.41) is 3.41. The van der Waals surface area contributed by atoms with Crippen molar-refractivity contribution in [2.75, 3.05) is 49.1 Å². The third kappa shape index (κ3) is 5.39. The molecule has 0 radical (unpaired) electrons. The highest BCUT2D eigenvalue weighted by atomic mass is 16.1. The first-order chi connectivity index (χ1) is 16.3. The Morgan fingerprint density at radius 1 is 0.576 bits per heavy atom. The summed E-state index contributed by atoms with van der Waals surface area (Å²) in [5.74, 6) is 0.161. The molecule has 0 aromatic heterocycles. The van der Waals surface area contributed by atoms with Crippen molar-refractivity contribution in [3.05, 3.63) is 70.8 Å². The molecule has 0 saturated carbocycles. The van der Waals surface area contributed by atoms with Crippen LogP contribution in [0.3, 0.4) is 0 Å². The van der Waals surface area contributed by atoms with Crippen LogP contribution >= 0.6 is 0 Å². The van der Waals surface area contributed by atoms with Gasteiger partial charge in [-0.1, -0.05) is 24.3 Å². The second-order valence-electron chi connectivity index (χ2n) is 9.55. The Balaban J connectivity index is 1.27. The van der Waals surface area contributed by atoms with Gasteiger partial charge in [0.1, 0.15) is 0 Å². The Morgan fingerprint density at radius 2 is 0.970 bits per heavy atom. The lowest BCUT2D eigenvalue weighted by Crippen LogP contribution is -2.32. The van der Waals surface area contributed by atoms with E-state index in [0.29, 0.717) is 13.1 Å². The minimum absolute atomic E-state index is 0.161. The molecule has 3 aliphatic rings. The standard InChI is InChI=1S/C29H35N3O/c33-29-25(19-23-7-11-27(12-8-23)31-15-3-1-4-16-31)21-30-22-26(29)20-24-9-13-28(14-10-24)32-17-5-2-6-18-32/h7-14,19-20,30H,1-6,15-18,21-22H2/b25-19+,26-20+. The SMILES string of the molecule is O=C1/C(=C/c2ccc(N3CCCCC3)cc2)CNC/C1=C\c1ccc(N2CCCCC2)cc1. The molecule has 0 spiro atoms. The molecule has 0 bridgehead atoms. The van der Waals surface area contributed by atoms with Crippen molar-refractivity contribution < 1.29 is 4.79 Å². The number of nitrogens with one attached hydrogen (secondary N) is 1. The number of nitrogens with zero attached hydrogens (tertiary/aromatic N) is 2. The van der Waals surface area contributed by atoms with Crippen molar-refractivity contribution in [1.82, 2.24) is 5.32 Å². The van der Waals surface area contributed by atoms with Crippen LogP contribution < -0.4 is 15.1 Å². The number of Topliss-reactive ketones (excluding diaryl/α,β-unsaturated/α-hetero) is 1. The second kappa shape index (κ2) is 10.4. The minimum atomic E-state index is 0.161. The maximum atomic E-state index is 13.2. The maximum Gasteiger partial charge on any atom is 0.187 e. The lowest BCUT2D eigenvalue weighted by Gasteiger charge is -2.28. The molecule has 0 amide bonds. The molecule has 2 aromatic carbocycles. The fraction of sp³-hybridized carbons (Fsp3) is 0.414. The Hall–Kier alpha value is -2.85. The Labute approximate surface area is 198 Å². The highest BCUT2D eigenvalue weighted by Crippen LogP contribution is 2.24. The van der Waals surface area contributed by atoms with E-state index in [0.717, 1.165) is 48.5 Å². The number of ketones is 1. The molecule has 0 aliphatic carbocycles. The molecule has 1 N–H and O–H groups in total. The van der Waals surface area contributed by atoms with Gasteiger partial charge in [0.2, 0.25) is 0 Å². The smallest absolute Gasteiger partial charge is 0.187 e. The van der Waals surface area contributed by atoms with E-state index in [9.17, 15) is 4.79 Å². The summed E-state index contributed by atoms with van der Waals surface area (Å²) in [6.45, 7) is 5.84. The second-order valence-corrected chi connectivity index (χ2v) is 9.55. The van der Waals surface area contributed by atoms with Crippen molar-refractivity contribution in [2.24, 2.45) is 0 Å². The van der Waals surface area contributed by atoms with Gasteiger partial charge in [0.25, 0.3) is 0 Å². The highest BCUT2D eigenvalue weighted by Gasteiger charge is 2.20. The number of hydrogen-bond donors (Lipinski definition) is 1. The number of rotatable bonds is 4. The first-order valence-electron chi connectivity index (χ1n) is 12.6. The van der Waals surface area contributed by atoms with Crippen molar-refractivity contribution in [3.63, 3.8) is 0 Å². The van der Waals surface area contributed by atoms with Crippen LogP contribution in [0.4, 0.5) is 11.4 Å². The zero-order valence-electron chi connectivity index (χ0n) is 19.6. The van der Waals surface area contributed by atoms with E-state index < -0.39 is 0 Å². The number of carbonyl (C=O) groups is 1. The van der Waals surface area contributed by atoms with Gasteiger partial charge in [-0.3, -0.25) is 4.79 Å². The predicted molar refractivity (Wildman–Crippen MR) is 139 cm³/mol. The molecule has 5 rings (SSSR count). The fourth-order valence-corrected chi connectivity index (χ4v) is 5.20. The van der Waals surface area contributed by atoms with E-state index >= 15 is 0 Å². The fourth-order valence-electron chi connectivity index (χ4n) is 5.20. The first kappa shape index (κ1) is 22.0. The van der Waals surface area contributed by atoms with Crippen LogP contribution in [0, 0.1) is 0 Å². The number of hydrogen-bond acceptors (Lipinski definition) is 4. The van der Waals surface area contributed by atoms with E-state index in [4.69, 9.17) is 0 Å². The van der Waals surface area contributed by atoms with Gasteiger partial charge in [-0.05, 0) is 86.1 Å². The van der Waals surface area contributed by atoms with Gasteiger partial charge < -0.3 is 15.1 Å². The van der Waals surface area contributed by atoms with Crippen molar-refractivity contribution >= 4 is 29.3 Å². The van der Waals surface area contributed by atoms with E-state index in [-0.39, 0.29) is 5.78 Å². The molecule has 3 saturated heterocycles. The molecular weight excluding hydrogens is 406 g/mol. The summed E-state index contributed by atoms with van der Waals surface area (Å²) >= 11 is 0. The van der Waals surface area contributed by atoms with E-state index in [1.165, 1.54) is 49.9 Å². The van der Waals surface area contributed by atoms with Crippen LogP contribution in [0.2, 0.25) is 0 Å². The Kier molecular flexibility index (Phi) is 6.92. The lowest BCUT2D eigenvalue weighted by atomic mass is 9.95. The largest absolute Gasteiger partial charge is 0.372 e. The average Bonchev–Trinajstić information content (AvgIpc) is 2.88. The van der Waals surface area contributed by atoms with Crippen molar-refractivity contribution in [3.8, 4) is 0 Å². The Morgan fingerprint density at radius 3 is 1.36 bits per heavy atom. The number of benzene rings is 2. The van der Waals surface area contributed by atoms with Crippen LogP contribution in [0.25, 0.3) is 12.2 Å². The topological polar surface area (TPSA) is 35.6 Å². The molecule has 3 heterocycles. The summed E-state index contributed by atoms with van der Waals surface area (Å²) in [7, 11) is 0. The molecule has 172 valence electrons. The van der Waals surface area contributed by atoms with Crippen LogP contribution in [0.1, 0.15) is 49.7 Å². The summed E-state index contributed by atoms with van der Waals surface area (Å²) < 4.78 is 0. The van der Waals surface area contributed by atoms with Crippen molar-refractivity contribution in [2.45, 2.75) is 38.5 Å². The molecule has 2 aromatic rings. The molecule has 3 aliphatic heterocycles. The normalized spacial score (nSPS) is 22.2. The molecule has 4 heteroatoms. The lowest BCUT2D eigenvalue weighted by molar-refractivity contribution is -0.112. The summed E-state index contributed by atoms with van der Waals surface area (Å²) in [4.78, 5) is 18.1. The third-order valence-electron chi connectivity index (χ3n) is 7.12. The molecule has 33 heavy (non-hydrogen) atoms. The number of carbonyl (C=O) groups excluding carboxylic acids is 1. The third-order valence-corrected chi connectivity index (χ3v) is 7.12. The number of piperidine rings is 3. The quantitative estimate of drug-likeness (QED) is 0.653. The van der Waals surface area contributed by atoms with Crippen molar-refractivity contribution in [1.29, 1.82) is 0 Å². The van der Waals surface area contributed by atoms with Gasteiger partial charge >= 0.3 is 0 Å². The predicted octanol–water partition coefficient (Wildman–Crippen LogP) is 5.31. The number of anilines is 2.